The van der Waals surface area contributed by atoms with Crippen molar-refractivity contribution in [3.05, 3.63) is 53.0 Å². The standard InChI is InChI=1S/C20H22BrN3O/c1-3-4-13-23(2)19(25)14-24-18-8-6-5-7-17(18)22-20(24)15-9-11-16(21)12-10-15/h5-12H,3-4,13-14H2,1-2H3. The Balaban J connectivity index is 1.99. The van der Waals surface area contributed by atoms with Crippen LogP contribution < -0.4 is 0 Å². The van der Waals surface area contributed by atoms with Crippen molar-refractivity contribution < 1.29 is 4.79 Å². The number of hydrogen-bond donors (Lipinski definition) is 0. The summed E-state index contributed by atoms with van der Waals surface area (Å²) in [7, 11) is 1.87. The van der Waals surface area contributed by atoms with E-state index in [9.17, 15) is 4.79 Å². The molecule has 1 amide bonds. The van der Waals surface area contributed by atoms with E-state index >= 15 is 0 Å². The molecule has 0 spiro atoms. The highest BCUT2D eigenvalue weighted by Gasteiger charge is 2.17. The third-order valence-corrected chi connectivity index (χ3v) is 4.85. The molecule has 0 unspecified atom stereocenters. The number of carbonyl (C=O) groups excluding carboxylic acids is 1. The molecular formula is C20H22BrN3O. The van der Waals surface area contributed by atoms with Crippen LogP contribution >= 0.6 is 15.9 Å². The molecule has 0 aliphatic carbocycles. The molecule has 3 rings (SSSR count). The predicted molar refractivity (Wildman–Crippen MR) is 105 cm³/mol. The molecule has 0 saturated heterocycles. The van der Waals surface area contributed by atoms with Crippen LogP contribution in [0.15, 0.2) is 53.0 Å². The largest absolute Gasteiger partial charge is 0.344 e. The first-order valence-electron chi connectivity index (χ1n) is 8.55. The van der Waals surface area contributed by atoms with Crippen LogP contribution in [0, 0.1) is 0 Å². The number of aromatic nitrogens is 2. The molecule has 0 N–H and O–H groups in total. The zero-order valence-corrected chi connectivity index (χ0v) is 16.2. The molecule has 4 nitrogen and oxygen atoms in total. The highest BCUT2D eigenvalue weighted by atomic mass is 79.9. The average molecular weight is 400 g/mol. The number of likely N-dealkylation sites (N-methyl/N-ethyl adjacent to an activating group) is 1. The van der Waals surface area contributed by atoms with Gasteiger partial charge < -0.3 is 9.47 Å². The SMILES string of the molecule is CCCCN(C)C(=O)Cn1c(-c2ccc(Br)cc2)nc2ccccc21. The lowest BCUT2D eigenvalue weighted by Crippen LogP contribution is -2.31. The molecule has 1 heterocycles. The summed E-state index contributed by atoms with van der Waals surface area (Å²) in [6.45, 7) is 3.22. The summed E-state index contributed by atoms with van der Waals surface area (Å²) in [4.78, 5) is 19.2. The lowest BCUT2D eigenvalue weighted by molar-refractivity contribution is -0.130. The molecule has 2 aromatic carbocycles. The van der Waals surface area contributed by atoms with Gasteiger partial charge in [-0.2, -0.15) is 0 Å². The van der Waals surface area contributed by atoms with Crippen molar-refractivity contribution in [1.82, 2.24) is 14.5 Å². The van der Waals surface area contributed by atoms with Crippen molar-refractivity contribution in [1.29, 1.82) is 0 Å². The Kier molecular flexibility index (Phi) is 5.53. The van der Waals surface area contributed by atoms with E-state index in [1.807, 2.05) is 65.0 Å². The maximum Gasteiger partial charge on any atom is 0.242 e. The first-order chi connectivity index (χ1) is 12.1. The molecule has 0 fully saturated rings. The van der Waals surface area contributed by atoms with Crippen molar-refractivity contribution in [2.24, 2.45) is 0 Å². The van der Waals surface area contributed by atoms with Crippen LogP contribution in [0.1, 0.15) is 19.8 Å². The summed E-state index contributed by atoms with van der Waals surface area (Å²) in [5, 5.41) is 0. The first-order valence-corrected chi connectivity index (χ1v) is 9.34. The third kappa shape index (κ3) is 3.93. The van der Waals surface area contributed by atoms with Gasteiger partial charge in [0.2, 0.25) is 5.91 Å². The van der Waals surface area contributed by atoms with E-state index in [2.05, 4.69) is 22.9 Å². The summed E-state index contributed by atoms with van der Waals surface area (Å²) in [5.74, 6) is 0.931. The molecule has 0 saturated carbocycles. The van der Waals surface area contributed by atoms with E-state index in [0.29, 0.717) is 6.54 Å². The number of halogens is 1. The van der Waals surface area contributed by atoms with Gasteiger partial charge in [0.05, 0.1) is 11.0 Å². The molecule has 0 radical (unpaired) electrons. The molecule has 0 atom stereocenters. The van der Waals surface area contributed by atoms with Crippen LogP contribution in [0.5, 0.6) is 0 Å². The number of unbranched alkanes of at least 4 members (excludes halogenated alkanes) is 1. The van der Waals surface area contributed by atoms with Gasteiger partial charge in [0, 0.05) is 23.6 Å². The quantitative estimate of drug-likeness (QED) is 0.600. The fourth-order valence-electron chi connectivity index (χ4n) is 2.83. The Bertz CT molecular complexity index is 870. The van der Waals surface area contributed by atoms with Crippen molar-refractivity contribution in [2.75, 3.05) is 13.6 Å². The van der Waals surface area contributed by atoms with Crippen LogP contribution in [-0.2, 0) is 11.3 Å². The van der Waals surface area contributed by atoms with Gasteiger partial charge >= 0.3 is 0 Å². The van der Waals surface area contributed by atoms with E-state index in [1.165, 1.54) is 0 Å². The summed E-state index contributed by atoms with van der Waals surface area (Å²) in [6.07, 6.45) is 2.10. The zero-order valence-electron chi connectivity index (χ0n) is 14.6. The highest BCUT2D eigenvalue weighted by molar-refractivity contribution is 9.10. The van der Waals surface area contributed by atoms with Crippen LogP contribution in [0.4, 0.5) is 0 Å². The van der Waals surface area contributed by atoms with Crippen LogP contribution in [0.25, 0.3) is 22.4 Å². The smallest absolute Gasteiger partial charge is 0.242 e. The minimum atomic E-state index is 0.106. The van der Waals surface area contributed by atoms with Gasteiger partial charge in [0.25, 0.3) is 0 Å². The number of hydrogen-bond acceptors (Lipinski definition) is 2. The monoisotopic (exact) mass is 399 g/mol. The number of benzene rings is 2. The molecule has 130 valence electrons. The second kappa shape index (κ2) is 7.83. The Labute approximate surface area is 156 Å². The van der Waals surface area contributed by atoms with Crippen molar-refractivity contribution in [3.63, 3.8) is 0 Å². The molecule has 25 heavy (non-hydrogen) atoms. The second-order valence-electron chi connectivity index (χ2n) is 6.19. The highest BCUT2D eigenvalue weighted by Crippen LogP contribution is 2.26. The van der Waals surface area contributed by atoms with Gasteiger partial charge in [0.15, 0.2) is 0 Å². The maximum absolute atomic E-state index is 12.7. The zero-order chi connectivity index (χ0) is 17.8. The molecular weight excluding hydrogens is 378 g/mol. The van der Waals surface area contributed by atoms with Gasteiger partial charge in [-0.25, -0.2) is 4.98 Å². The number of rotatable bonds is 6. The number of amides is 1. The van der Waals surface area contributed by atoms with Crippen LogP contribution in [0.3, 0.4) is 0 Å². The van der Waals surface area contributed by atoms with Gasteiger partial charge in [0.1, 0.15) is 12.4 Å². The lowest BCUT2D eigenvalue weighted by Gasteiger charge is -2.18. The van der Waals surface area contributed by atoms with Crippen molar-refractivity contribution >= 4 is 32.9 Å². The fourth-order valence-corrected chi connectivity index (χ4v) is 3.10. The average Bonchev–Trinajstić information content (AvgIpc) is 2.99. The summed E-state index contributed by atoms with van der Waals surface area (Å²) < 4.78 is 3.04. The van der Waals surface area contributed by atoms with Gasteiger partial charge in [-0.05, 0) is 30.7 Å². The van der Waals surface area contributed by atoms with Crippen LogP contribution in [0.2, 0.25) is 0 Å². The second-order valence-corrected chi connectivity index (χ2v) is 7.10. The molecule has 1 aromatic heterocycles. The predicted octanol–water partition coefficient (Wildman–Crippen LogP) is 4.72. The van der Waals surface area contributed by atoms with Gasteiger partial charge in [-0.15, -0.1) is 0 Å². The van der Waals surface area contributed by atoms with Crippen molar-refractivity contribution in [2.45, 2.75) is 26.3 Å². The Morgan fingerprint density at radius 2 is 1.88 bits per heavy atom. The maximum atomic E-state index is 12.7. The third-order valence-electron chi connectivity index (χ3n) is 4.32. The van der Waals surface area contributed by atoms with E-state index in [4.69, 9.17) is 4.98 Å². The van der Waals surface area contributed by atoms with E-state index in [1.54, 1.807) is 0 Å². The fraction of sp³-hybridized carbons (Fsp3) is 0.300. The Hall–Kier alpha value is -2.14. The van der Waals surface area contributed by atoms with E-state index < -0.39 is 0 Å². The molecule has 3 aromatic rings. The molecule has 5 heteroatoms. The minimum absolute atomic E-state index is 0.106. The lowest BCUT2D eigenvalue weighted by atomic mass is 10.2. The molecule has 0 bridgehead atoms. The summed E-state index contributed by atoms with van der Waals surface area (Å²) >= 11 is 3.47. The summed E-state index contributed by atoms with van der Waals surface area (Å²) in [5.41, 5.74) is 2.89. The van der Waals surface area contributed by atoms with Crippen LogP contribution in [-0.4, -0.2) is 34.0 Å². The topological polar surface area (TPSA) is 38.1 Å². The van der Waals surface area contributed by atoms with E-state index in [-0.39, 0.29) is 5.91 Å². The van der Waals surface area contributed by atoms with Crippen molar-refractivity contribution in [3.8, 4) is 11.4 Å². The number of fused-ring (bicyclic) bond motifs is 1. The summed E-state index contributed by atoms with van der Waals surface area (Å²) in [6, 6.07) is 16.0. The van der Waals surface area contributed by atoms with Gasteiger partial charge in [-0.3, -0.25) is 4.79 Å². The number of carbonyl (C=O) groups is 1. The van der Waals surface area contributed by atoms with E-state index in [0.717, 1.165) is 46.3 Å². The normalized spacial score (nSPS) is 11.0. The van der Waals surface area contributed by atoms with Gasteiger partial charge in [-0.1, -0.05) is 53.5 Å². The number of nitrogens with zero attached hydrogens (tertiary/aromatic N) is 3. The molecule has 0 aliphatic rings. The number of para-hydroxylation sites is 2. The number of imidazole rings is 1. The Morgan fingerprint density at radius 1 is 1.16 bits per heavy atom. The Morgan fingerprint density at radius 3 is 2.60 bits per heavy atom. The minimum Gasteiger partial charge on any atom is -0.344 e. The molecule has 0 aliphatic heterocycles. The first kappa shape index (κ1) is 17.7.